The van der Waals surface area contributed by atoms with Gasteiger partial charge in [-0.25, -0.2) is 0 Å². The van der Waals surface area contributed by atoms with Gasteiger partial charge in [-0.05, 0) is 51.1 Å². The van der Waals surface area contributed by atoms with Gasteiger partial charge in [-0.1, -0.05) is 12.1 Å². The zero-order valence-electron chi connectivity index (χ0n) is 13.6. The van der Waals surface area contributed by atoms with Gasteiger partial charge >= 0.3 is 0 Å². The van der Waals surface area contributed by atoms with E-state index >= 15 is 0 Å². The highest BCUT2D eigenvalue weighted by molar-refractivity contribution is 5.78. The van der Waals surface area contributed by atoms with Gasteiger partial charge < -0.3 is 15.4 Å². The van der Waals surface area contributed by atoms with Gasteiger partial charge in [0.25, 0.3) is 0 Å². The molecule has 0 bridgehead atoms. The fraction of sp³-hybridized carbons (Fsp3) is 0.588. The van der Waals surface area contributed by atoms with Crippen molar-refractivity contribution in [1.29, 1.82) is 0 Å². The van der Waals surface area contributed by atoms with Crippen molar-refractivity contribution in [3.05, 3.63) is 29.8 Å². The summed E-state index contributed by atoms with van der Waals surface area (Å²) in [7, 11) is 1.99. The van der Waals surface area contributed by atoms with E-state index in [1.165, 1.54) is 6.42 Å². The molecule has 1 atom stereocenters. The molecule has 0 spiro atoms. The van der Waals surface area contributed by atoms with E-state index in [0.29, 0.717) is 25.7 Å². The summed E-state index contributed by atoms with van der Waals surface area (Å²) in [6.45, 7) is 5.59. The maximum Gasteiger partial charge on any atom is 0.234 e. The molecule has 0 radical (unpaired) electrons. The molecule has 0 aromatic heterocycles. The summed E-state index contributed by atoms with van der Waals surface area (Å²) in [4.78, 5) is 14.3. The standard InChI is InChI=1S/C17H27N3O2/c1-3-22-16-8-4-6-14(10-16)11-19-17(21)13-20-9-5-7-15(12-20)18-2/h4,6,8,10,15,18H,3,5,7,9,11-13H2,1-2H3,(H,19,21). The van der Waals surface area contributed by atoms with Crippen LogP contribution in [0.15, 0.2) is 24.3 Å². The second kappa shape index (κ2) is 8.76. The molecule has 1 unspecified atom stereocenters. The lowest BCUT2D eigenvalue weighted by Crippen LogP contribution is -2.47. The van der Waals surface area contributed by atoms with Crippen LogP contribution in [0.1, 0.15) is 25.3 Å². The van der Waals surface area contributed by atoms with Gasteiger partial charge in [0.1, 0.15) is 5.75 Å². The molecule has 2 rings (SSSR count). The Balaban J connectivity index is 1.76. The van der Waals surface area contributed by atoms with Crippen LogP contribution in [-0.4, -0.2) is 50.1 Å². The molecular formula is C17H27N3O2. The van der Waals surface area contributed by atoms with E-state index < -0.39 is 0 Å². The summed E-state index contributed by atoms with van der Waals surface area (Å²) in [5, 5.41) is 6.29. The van der Waals surface area contributed by atoms with Gasteiger partial charge in [0.2, 0.25) is 5.91 Å². The molecule has 1 aromatic rings. The second-order valence-electron chi connectivity index (χ2n) is 5.72. The number of carbonyl (C=O) groups is 1. The van der Waals surface area contributed by atoms with Gasteiger partial charge in [0.15, 0.2) is 0 Å². The highest BCUT2D eigenvalue weighted by atomic mass is 16.5. The number of hydrogen-bond acceptors (Lipinski definition) is 4. The molecule has 0 aliphatic carbocycles. The Morgan fingerprint density at radius 2 is 2.32 bits per heavy atom. The smallest absolute Gasteiger partial charge is 0.234 e. The molecule has 5 heteroatoms. The number of nitrogens with zero attached hydrogens (tertiary/aromatic N) is 1. The average Bonchev–Trinajstić information content (AvgIpc) is 2.54. The lowest BCUT2D eigenvalue weighted by molar-refractivity contribution is -0.122. The van der Waals surface area contributed by atoms with Crippen LogP contribution in [0.25, 0.3) is 0 Å². The maximum atomic E-state index is 12.1. The molecule has 0 saturated carbocycles. The first kappa shape index (κ1) is 16.8. The minimum Gasteiger partial charge on any atom is -0.494 e. The number of likely N-dealkylation sites (tertiary alicyclic amines) is 1. The fourth-order valence-electron chi connectivity index (χ4n) is 2.81. The highest BCUT2D eigenvalue weighted by Gasteiger charge is 2.20. The number of carbonyl (C=O) groups excluding carboxylic acids is 1. The second-order valence-corrected chi connectivity index (χ2v) is 5.72. The minimum atomic E-state index is 0.0820. The van der Waals surface area contributed by atoms with Crippen LogP contribution >= 0.6 is 0 Å². The molecule has 1 aliphatic heterocycles. The molecule has 1 heterocycles. The molecule has 22 heavy (non-hydrogen) atoms. The molecule has 1 aliphatic rings. The Hall–Kier alpha value is -1.59. The number of ether oxygens (including phenoxy) is 1. The van der Waals surface area contributed by atoms with Crippen LogP contribution in [-0.2, 0) is 11.3 Å². The summed E-state index contributed by atoms with van der Waals surface area (Å²) in [6.07, 6.45) is 2.34. The molecule has 1 fully saturated rings. The van der Waals surface area contributed by atoms with Crippen LogP contribution in [0.5, 0.6) is 5.75 Å². The molecule has 1 saturated heterocycles. The van der Waals surface area contributed by atoms with Crippen molar-refractivity contribution in [3.8, 4) is 5.75 Å². The van der Waals surface area contributed by atoms with Gasteiger partial charge in [0, 0.05) is 19.1 Å². The molecule has 1 aromatic carbocycles. The van der Waals surface area contributed by atoms with Gasteiger partial charge in [-0.2, -0.15) is 0 Å². The van der Waals surface area contributed by atoms with E-state index in [2.05, 4.69) is 15.5 Å². The monoisotopic (exact) mass is 305 g/mol. The maximum absolute atomic E-state index is 12.1. The van der Waals surface area contributed by atoms with E-state index in [1.54, 1.807) is 0 Å². The van der Waals surface area contributed by atoms with E-state index in [-0.39, 0.29) is 5.91 Å². The molecule has 1 amide bonds. The number of benzene rings is 1. The predicted molar refractivity (Wildman–Crippen MR) is 88.0 cm³/mol. The Kier molecular flexibility index (Phi) is 6.68. The van der Waals surface area contributed by atoms with Crippen molar-refractivity contribution in [1.82, 2.24) is 15.5 Å². The Labute approximate surface area is 133 Å². The Bertz CT molecular complexity index is 479. The summed E-state index contributed by atoms with van der Waals surface area (Å²) in [6, 6.07) is 8.36. The lowest BCUT2D eigenvalue weighted by atomic mass is 10.1. The largest absolute Gasteiger partial charge is 0.494 e. The summed E-state index contributed by atoms with van der Waals surface area (Å²) >= 11 is 0. The van der Waals surface area contributed by atoms with E-state index in [4.69, 9.17) is 4.74 Å². The van der Waals surface area contributed by atoms with Crippen molar-refractivity contribution >= 4 is 5.91 Å². The highest BCUT2D eigenvalue weighted by Crippen LogP contribution is 2.13. The summed E-state index contributed by atoms with van der Waals surface area (Å²) in [5.74, 6) is 0.931. The number of hydrogen-bond donors (Lipinski definition) is 2. The molecular weight excluding hydrogens is 278 g/mol. The van der Waals surface area contributed by atoms with Crippen LogP contribution in [0, 0.1) is 0 Å². The normalized spacial score (nSPS) is 18.9. The van der Waals surface area contributed by atoms with E-state index in [1.807, 2.05) is 38.2 Å². The van der Waals surface area contributed by atoms with Gasteiger partial charge in [-0.3, -0.25) is 9.69 Å². The van der Waals surface area contributed by atoms with Crippen molar-refractivity contribution in [2.24, 2.45) is 0 Å². The average molecular weight is 305 g/mol. The zero-order valence-corrected chi connectivity index (χ0v) is 13.6. The van der Waals surface area contributed by atoms with Gasteiger partial charge in [-0.15, -0.1) is 0 Å². The quantitative estimate of drug-likeness (QED) is 0.799. The number of amides is 1. The molecule has 5 nitrogen and oxygen atoms in total. The third-order valence-corrected chi connectivity index (χ3v) is 3.98. The first-order valence-electron chi connectivity index (χ1n) is 8.09. The van der Waals surface area contributed by atoms with Crippen molar-refractivity contribution in [2.75, 3.05) is 33.3 Å². The minimum absolute atomic E-state index is 0.0820. The van der Waals surface area contributed by atoms with E-state index in [0.717, 1.165) is 30.8 Å². The third-order valence-electron chi connectivity index (χ3n) is 3.98. The third kappa shape index (κ3) is 5.31. The Morgan fingerprint density at radius 1 is 1.45 bits per heavy atom. The number of piperidine rings is 1. The van der Waals surface area contributed by atoms with Crippen LogP contribution in [0.3, 0.4) is 0 Å². The van der Waals surface area contributed by atoms with E-state index in [9.17, 15) is 4.79 Å². The molecule has 122 valence electrons. The predicted octanol–water partition coefficient (Wildman–Crippen LogP) is 1.39. The number of nitrogens with one attached hydrogen (secondary N) is 2. The summed E-state index contributed by atoms with van der Waals surface area (Å²) in [5.41, 5.74) is 1.06. The van der Waals surface area contributed by atoms with Crippen LogP contribution < -0.4 is 15.4 Å². The first-order valence-corrected chi connectivity index (χ1v) is 8.09. The zero-order chi connectivity index (χ0) is 15.8. The van der Waals surface area contributed by atoms with Crippen LogP contribution in [0.4, 0.5) is 0 Å². The number of rotatable bonds is 7. The fourth-order valence-corrected chi connectivity index (χ4v) is 2.81. The van der Waals surface area contributed by atoms with Crippen molar-refractivity contribution in [3.63, 3.8) is 0 Å². The van der Waals surface area contributed by atoms with Crippen LogP contribution in [0.2, 0.25) is 0 Å². The summed E-state index contributed by atoms with van der Waals surface area (Å²) < 4.78 is 5.47. The van der Waals surface area contributed by atoms with Crippen molar-refractivity contribution < 1.29 is 9.53 Å². The number of likely N-dealkylation sites (N-methyl/N-ethyl adjacent to an activating group) is 1. The topological polar surface area (TPSA) is 53.6 Å². The molecule has 2 N–H and O–H groups in total. The lowest BCUT2D eigenvalue weighted by Gasteiger charge is -2.31. The van der Waals surface area contributed by atoms with Crippen molar-refractivity contribution in [2.45, 2.75) is 32.4 Å². The SMILES string of the molecule is CCOc1cccc(CNC(=O)CN2CCCC(NC)C2)c1. The Morgan fingerprint density at radius 3 is 3.09 bits per heavy atom. The van der Waals surface area contributed by atoms with Gasteiger partial charge in [0.05, 0.1) is 13.2 Å². The first-order chi connectivity index (χ1) is 10.7.